The molecule has 1 amide bonds. The Kier molecular flexibility index (Phi) is 7.54. The van der Waals surface area contributed by atoms with Crippen molar-refractivity contribution in [1.29, 1.82) is 0 Å². The largest absolute Gasteiger partial charge is 0.444 e. The molecule has 0 saturated carbocycles. The van der Waals surface area contributed by atoms with Gasteiger partial charge in [-0.05, 0) is 67.9 Å². The summed E-state index contributed by atoms with van der Waals surface area (Å²) in [5.74, 6) is 0.192. The second-order valence-electron chi connectivity index (χ2n) is 9.42. The van der Waals surface area contributed by atoms with Crippen LogP contribution in [0.2, 0.25) is 5.15 Å². The van der Waals surface area contributed by atoms with Gasteiger partial charge < -0.3 is 14.5 Å². The molecule has 2 aromatic heterocycles. The van der Waals surface area contributed by atoms with Crippen LogP contribution in [0.4, 0.5) is 19.4 Å². The van der Waals surface area contributed by atoms with E-state index >= 15 is 0 Å². The highest BCUT2D eigenvalue weighted by atomic mass is 35.5. The van der Waals surface area contributed by atoms with Crippen molar-refractivity contribution in [1.82, 2.24) is 14.9 Å². The van der Waals surface area contributed by atoms with Crippen LogP contribution in [0.25, 0.3) is 21.5 Å². The highest BCUT2D eigenvalue weighted by molar-refractivity contribution is 6.34. The zero-order valence-electron chi connectivity index (χ0n) is 20.3. The molecule has 6 nitrogen and oxygen atoms in total. The van der Waals surface area contributed by atoms with Crippen LogP contribution < -0.4 is 4.90 Å². The summed E-state index contributed by atoms with van der Waals surface area (Å²) in [6.07, 6.45) is 3.04. The summed E-state index contributed by atoms with van der Waals surface area (Å²) >= 11 is 5.75. The first kappa shape index (κ1) is 25.6. The molecule has 1 aliphatic rings. The van der Waals surface area contributed by atoms with E-state index in [1.54, 1.807) is 35.5 Å². The number of rotatable bonds is 1. The summed E-state index contributed by atoms with van der Waals surface area (Å²) in [4.78, 5) is 24.2. The number of ether oxygens (including phenoxy) is 1. The number of fused-ring (bicyclic) bond motifs is 2. The number of aromatic nitrogens is 2. The predicted octanol–water partition coefficient (Wildman–Crippen LogP) is 6.46. The Balaban J connectivity index is 0.000000211. The first-order valence-corrected chi connectivity index (χ1v) is 12.0. The minimum atomic E-state index is -0.497. The number of hydrogen-bond donors (Lipinski definition) is 0. The van der Waals surface area contributed by atoms with Gasteiger partial charge in [0, 0.05) is 49.3 Å². The number of pyridine rings is 2. The number of hydrogen-bond acceptors (Lipinski definition) is 5. The molecule has 0 spiro atoms. The van der Waals surface area contributed by atoms with E-state index in [1.165, 1.54) is 24.3 Å². The maximum Gasteiger partial charge on any atom is 0.410 e. The molecular weight excluding hydrogens is 486 g/mol. The molecule has 0 unspecified atom stereocenters. The maximum atomic E-state index is 13.6. The van der Waals surface area contributed by atoms with Gasteiger partial charge in [0.15, 0.2) is 0 Å². The molecule has 0 radical (unpaired) electrons. The normalized spacial score (nSPS) is 13.9. The summed E-state index contributed by atoms with van der Waals surface area (Å²) in [7, 11) is 0. The van der Waals surface area contributed by atoms with Crippen LogP contribution in [0.5, 0.6) is 0 Å². The third kappa shape index (κ3) is 6.18. The van der Waals surface area contributed by atoms with Crippen molar-refractivity contribution in [3.8, 4) is 0 Å². The Morgan fingerprint density at radius 3 is 2.03 bits per heavy atom. The number of carbonyl (C=O) groups is 1. The van der Waals surface area contributed by atoms with Gasteiger partial charge in [-0.15, -0.1) is 0 Å². The van der Waals surface area contributed by atoms with Crippen LogP contribution in [-0.4, -0.2) is 52.7 Å². The zero-order valence-corrected chi connectivity index (χ0v) is 21.1. The Hall–Kier alpha value is -3.52. The van der Waals surface area contributed by atoms with E-state index in [0.717, 1.165) is 22.0 Å². The first-order valence-electron chi connectivity index (χ1n) is 11.6. The SMILES string of the molecule is CC(C)(C)OC(=O)N1CCN(c2nccc3ccc(F)cc23)CC1.Fc1ccc2ccnc(Cl)c2c1. The lowest BCUT2D eigenvalue weighted by molar-refractivity contribution is 0.0240. The fourth-order valence-electron chi connectivity index (χ4n) is 3.91. The van der Waals surface area contributed by atoms with Crippen LogP contribution in [0, 0.1) is 11.6 Å². The monoisotopic (exact) mass is 512 g/mol. The molecule has 4 aromatic rings. The number of nitrogens with zero attached hydrogens (tertiary/aromatic N) is 4. The van der Waals surface area contributed by atoms with Crippen molar-refractivity contribution in [2.75, 3.05) is 31.1 Å². The van der Waals surface area contributed by atoms with Crippen molar-refractivity contribution in [2.24, 2.45) is 0 Å². The van der Waals surface area contributed by atoms with Crippen LogP contribution in [-0.2, 0) is 4.74 Å². The fraction of sp³-hybridized carbons (Fsp3) is 0.296. The minimum absolute atomic E-state index is 0.274. The Bertz CT molecular complexity index is 1390. The van der Waals surface area contributed by atoms with Gasteiger partial charge in [0.25, 0.3) is 0 Å². The van der Waals surface area contributed by atoms with Gasteiger partial charge in [-0.25, -0.2) is 23.5 Å². The molecule has 1 aliphatic heterocycles. The van der Waals surface area contributed by atoms with Crippen LogP contribution in [0.15, 0.2) is 60.9 Å². The number of carbonyl (C=O) groups excluding carboxylic acids is 1. The molecule has 5 rings (SSSR count). The van der Waals surface area contributed by atoms with E-state index in [0.29, 0.717) is 36.7 Å². The molecule has 0 N–H and O–H groups in total. The fourth-order valence-corrected chi connectivity index (χ4v) is 4.13. The van der Waals surface area contributed by atoms with Crippen LogP contribution >= 0.6 is 11.6 Å². The second kappa shape index (κ2) is 10.6. The smallest absolute Gasteiger partial charge is 0.410 e. The highest BCUT2D eigenvalue weighted by Gasteiger charge is 2.26. The summed E-state index contributed by atoms with van der Waals surface area (Å²) in [5.41, 5.74) is -0.497. The Labute approximate surface area is 213 Å². The van der Waals surface area contributed by atoms with E-state index in [2.05, 4.69) is 14.9 Å². The Morgan fingerprint density at radius 1 is 0.861 bits per heavy atom. The number of halogens is 3. The van der Waals surface area contributed by atoms with Gasteiger partial charge >= 0.3 is 6.09 Å². The first-order chi connectivity index (χ1) is 17.1. The number of amides is 1. The lowest BCUT2D eigenvalue weighted by Gasteiger charge is -2.36. The second-order valence-corrected chi connectivity index (χ2v) is 9.78. The van der Waals surface area contributed by atoms with Gasteiger partial charge in [0.2, 0.25) is 0 Å². The molecule has 0 atom stereocenters. The molecule has 0 aliphatic carbocycles. The molecule has 1 saturated heterocycles. The average Bonchev–Trinajstić information content (AvgIpc) is 2.84. The molecule has 3 heterocycles. The number of benzene rings is 2. The molecule has 9 heteroatoms. The van der Waals surface area contributed by atoms with Crippen molar-refractivity contribution in [3.63, 3.8) is 0 Å². The van der Waals surface area contributed by atoms with E-state index < -0.39 is 5.60 Å². The van der Waals surface area contributed by atoms with Gasteiger partial charge in [-0.3, -0.25) is 0 Å². The number of anilines is 1. The summed E-state index contributed by atoms with van der Waals surface area (Å²) in [5, 5.41) is 3.64. The maximum absolute atomic E-state index is 13.6. The van der Waals surface area contributed by atoms with E-state index in [-0.39, 0.29) is 17.7 Å². The zero-order chi connectivity index (χ0) is 25.9. The van der Waals surface area contributed by atoms with Crippen LogP contribution in [0.1, 0.15) is 20.8 Å². The quantitative estimate of drug-likeness (QED) is 0.274. The summed E-state index contributed by atoms with van der Waals surface area (Å²) in [6.45, 7) is 7.97. The lowest BCUT2D eigenvalue weighted by Crippen LogP contribution is -2.50. The van der Waals surface area contributed by atoms with Crippen molar-refractivity contribution >= 4 is 45.1 Å². The van der Waals surface area contributed by atoms with Gasteiger partial charge in [0.05, 0.1) is 0 Å². The molecule has 36 heavy (non-hydrogen) atoms. The van der Waals surface area contributed by atoms with Gasteiger partial charge in [-0.1, -0.05) is 23.7 Å². The van der Waals surface area contributed by atoms with E-state index in [9.17, 15) is 13.6 Å². The molecule has 1 fully saturated rings. The van der Waals surface area contributed by atoms with E-state index in [1.807, 2.05) is 26.8 Å². The minimum Gasteiger partial charge on any atom is -0.444 e. The third-order valence-electron chi connectivity index (χ3n) is 5.62. The van der Waals surface area contributed by atoms with Gasteiger partial charge in [0.1, 0.15) is 28.2 Å². The molecule has 188 valence electrons. The van der Waals surface area contributed by atoms with Gasteiger partial charge in [-0.2, -0.15) is 0 Å². The summed E-state index contributed by atoms with van der Waals surface area (Å²) in [6, 6.07) is 12.8. The van der Waals surface area contributed by atoms with Crippen molar-refractivity contribution in [3.05, 3.63) is 77.7 Å². The van der Waals surface area contributed by atoms with Crippen molar-refractivity contribution < 1.29 is 18.3 Å². The third-order valence-corrected chi connectivity index (χ3v) is 5.92. The standard InChI is InChI=1S/C18H22FN3O2.C9H5ClFN/c1-18(2,3)24-17(23)22-10-8-21(9-11-22)16-15-12-14(19)5-4-13(15)6-7-20-16;10-9-8-5-7(11)2-1-6(8)3-4-12-9/h4-7,12H,8-11H2,1-3H3;1-5H. The van der Waals surface area contributed by atoms with Crippen LogP contribution in [0.3, 0.4) is 0 Å². The molecule has 2 aromatic carbocycles. The lowest BCUT2D eigenvalue weighted by atomic mass is 10.1. The number of piperazine rings is 1. The van der Waals surface area contributed by atoms with Crippen molar-refractivity contribution in [2.45, 2.75) is 26.4 Å². The summed E-state index contributed by atoms with van der Waals surface area (Å²) < 4.78 is 31.7. The molecule has 0 bridgehead atoms. The predicted molar refractivity (Wildman–Crippen MR) is 138 cm³/mol. The molecular formula is C27H27ClF2N4O2. The topological polar surface area (TPSA) is 58.6 Å². The average molecular weight is 513 g/mol. The highest BCUT2D eigenvalue weighted by Crippen LogP contribution is 2.26. The Morgan fingerprint density at radius 2 is 1.42 bits per heavy atom. The van der Waals surface area contributed by atoms with E-state index in [4.69, 9.17) is 16.3 Å².